The summed E-state index contributed by atoms with van der Waals surface area (Å²) < 4.78 is 28.6. The van der Waals surface area contributed by atoms with Crippen molar-refractivity contribution in [3.63, 3.8) is 0 Å². The number of phenols is 3. The number of Topliss-reactive ketones (excluding diaryl/α,β-unsaturated/α-hetero) is 1. The molecule has 3 heterocycles. The van der Waals surface area contributed by atoms with Crippen LogP contribution in [-0.2, 0) is 28.5 Å². The molecular formula is C42H56N2O14. The molecule has 16 nitrogen and oxygen atoms in total. The summed E-state index contributed by atoms with van der Waals surface area (Å²) in [4.78, 5) is 53.2. The van der Waals surface area contributed by atoms with Gasteiger partial charge in [-0.05, 0) is 25.8 Å². The van der Waals surface area contributed by atoms with Gasteiger partial charge in [0.2, 0.25) is 0 Å². The molecule has 7 N–H and O–H groups in total. The summed E-state index contributed by atoms with van der Waals surface area (Å²) in [6.07, 6.45) is 2.10. The third kappa shape index (κ3) is 9.03. The molecule has 0 saturated heterocycles. The van der Waals surface area contributed by atoms with Gasteiger partial charge in [0.1, 0.15) is 34.7 Å². The Labute approximate surface area is 337 Å². The summed E-state index contributed by atoms with van der Waals surface area (Å²) in [5.41, 5.74) is -1.31. The number of methoxy groups -OCH3 is 1. The van der Waals surface area contributed by atoms with Crippen LogP contribution in [0.4, 0.5) is 16.2 Å². The highest BCUT2D eigenvalue weighted by Crippen LogP contribution is 2.57. The van der Waals surface area contributed by atoms with Crippen molar-refractivity contribution < 1.29 is 68.4 Å². The minimum Gasteiger partial charge on any atom is -0.507 e. The van der Waals surface area contributed by atoms with E-state index in [4.69, 9.17) is 23.7 Å². The summed E-state index contributed by atoms with van der Waals surface area (Å²) in [7, 11) is 1.41. The van der Waals surface area contributed by atoms with Crippen molar-refractivity contribution in [3.8, 4) is 23.0 Å². The molecule has 0 fully saturated rings. The largest absolute Gasteiger partial charge is 0.507 e. The number of aromatic hydroxyl groups is 3. The van der Waals surface area contributed by atoms with Crippen LogP contribution in [0.1, 0.15) is 78.2 Å². The average molecular weight is 813 g/mol. The standard InChI is InChI=1S/C42H56N2O14/c1-18(2)17-55-41(53)44-31-30-36(50)28-27(35(31)49)29-38(24(8)34(28)48)58-42(10,39(29)51)56-16-15-26(54-11)21(5)37(57-25(9)45)23(7)33(47)22(6)32(46)19(3)13-12-14-20(4)40(52)43-30/h12-16,18-19,21-23,26,32-33,37,46-50H,17H2,1-11H3,(H,43,52)(H,44,53)/b13-12+,16-15+,20-14-/t19-,21+,22+,23+,26-,32-,33+,37+,42-/m0/s1. The molecule has 0 saturated carbocycles. The second-order valence-corrected chi connectivity index (χ2v) is 15.7. The van der Waals surface area contributed by atoms with E-state index in [-0.39, 0.29) is 35.0 Å². The van der Waals surface area contributed by atoms with Gasteiger partial charge in [-0.3, -0.25) is 19.7 Å². The van der Waals surface area contributed by atoms with E-state index < -0.39 is 117 Å². The van der Waals surface area contributed by atoms with E-state index in [1.807, 2.05) is 0 Å². The van der Waals surface area contributed by atoms with Gasteiger partial charge in [0.15, 0.2) is 5.75 Å². The quantitative estimate of drug-likeness (QED) is 0.105. The van der Waals surface area contributed by atoms with Crippen molar-refractivity contribution in [1.29, 1.82) is 0 Å². The van der Waals surface area contributed by atoms with Crippen LogP contribution in [0.2, 0.25) is 0 Å². The number of aliphatic hydroxyl groups excluding tert-OH is 2. The molecule has 58 heavy (non-hydrogen) atoms. The zero-order chi connectivity index (χ0) is 43.5. The van der Waals surface area contributed by atoms with Crippen LogP contribution < -0.4 is 15.4 Å². The van der Waals surface area contributed by atoms with E-state index in [1.165, 1.54) is 53.0 Å². The molecule has 2 aromatic rings. The highest BCUT2D eigenvalue weighted by molar-refractivity contribution is 6.24. The predicted octanol–water partition coefficient (Wildman–Crippen LogP) is 5.96. The first-order chi connectivity index (χ1) is 27.1. The lowest BCUT2D eigenvalue weighted by Crippen LogP contribution is -2.46. The smallest absolute Gasteiger partial charge is 0.411 e. The van der Waals surface area contributed by atoms with Gasteiger partial charge in [-0.25, -0.2) is 4.79 Å². The zero-order valence-electron chi connectivity index (χ0n) is 34.7. The highest BCUT2D eigenvalue weighted by Gasteiger charge is 2.50. The summed E-state index contributed by atoms with van der Waals surface area (Å²) in [6, 6.07) is 0. The van der Waals surface area contributed by atoms with Gasteiger partial charge >= 0.3 is 17.8 Å². The molecule has 2 aromatic carbocycles. The number of carbonyl (C=O) groups excluding carboxylic acids is 4. The zero-order valence-corrected chi connectivity index (χ0v) is 34.7. The Morgan fingerprint density at radius 2 is 1.60 bits per heavy atom. The minimum atomic E-state index is -2.12. The van der Waals surface area contributed by atoms with E-state index in [2.05, 4.69) is 10.6 Å². The van der Waals surface area contributed by atoms with Crippen LogP contribution in [0.3, 0.4) is 0 Å². The Morgan fingerprint density at radius 3 is 2.21 bits per heavy atom. The third-order valence-corrected chi connectivity index (χ3v) is 10.8. The molecule has 3 aliphatic rings. The van der Waals surface area contributed by atoms with E-state index >= 15 is 0 Å². The molecule has 0 unspecified atom stereocenters. The van der Waals surface area contributed by atoms with Gasteiger partial charge < -0.3 is 54.5 Å². The number of fused-ring (bicyclic) bond motifs is 14. The van der Waals surface area contributed by atoms with E-state index in [0.717, 1.165) is 6.26 Å². The average Bonchev–Trinajstić information content (AvgIpc) is 3.43. The number of anilines is 2. The Balaban J connectivity index is 1.97. The molecule has 0 aliphatic carbocycles. The number of esters is 1. The number of allylic oxidation sites excluding steroid dienone is 2. The molecule has 5 bridgehead atoms. The number of nitrogens with one attached hydrogen (secondary N) is 2. The summed E-state index contributed by atoms with van der Waals surface area (Å²) >= 11 is 0. The van der Waals surface area contributed by atoms with Crippen molar-refractivity contribution in [2.75, 3.05) is 24.4 Å². The second kappa shape index (κ2) is 18.1. The van der Waals surface area contributed by atoms with Crippen molar-refractivity contribution in [3.05, 3.63) is 47.3 Å². The number of carbonyl (C=O) groups is 4. The SMILES string of the molecule is CO[C@H]1/C=C/O[C@@]2(C)Oc3c(C)c(O)c4c(O)c(c(NC(=O)OCC(C)C)c(O)c4c3C2=O)NC(=O)/C(C)=C\C=C\[C@H](C)[C@H](O)[C@@H](C)[C@@H](O)[C@@H](C)[C@H](OC(C)=O)[C@@H]1C. The second-order valence-electron chi connectivity index (χ2n) is 15.7. The summed E-state index contributed by atoms with van der Waals surface area (Å²) in [5.74, 6) is -9.47. The number of ether oxygens (including phenoxy) is 5. The molecule has 2 amide bonds. The Morgan fingerprint density at radius 1 is 0.948 bits per heavy atom. The lowest BCUT2D eigenvalue weighted by molar-refractivity contribution is -0.160. The Kier molecular flexibility index (Phi) is 14.1. The molecule has 9 atom stereocenters. The molecule has 16 heteroatoms. The van der Waals surface area contributed by atoms with E-state index in [9.17, 15) is 44.7 Å². The molecule has 0 radical (unpaired) electrons. The molecule has 0 aromatic heterocycles. The Bertz CT molecular complexity index is 2020. The number of aliphatic hydroxyl groups is 2. The monoisotopic (exact) mass is 812 g/mol. The topological polar surface area (TPSA) is 240 Å². The lowest BCUT2D eigenvalue weighted by Gasteiger charge is -2.38. The number of hydrogen-bond acceptors (Lipinski definition) is 14. The number of rotatable bonds is 5. The maximum atomic E-state index is 14.3. The molecular weight excluding hydrogens is 756 g/mol. The van der Waals surface area contributed by atoms with Crippen LogP contribution in [0.5, 0.6) is 23.0 Å². The first-order valence-electron chi connectivity index (χ1n) is 19.1. The van der Waals surface area contributed by atoms with Crippen molar-refractivity contribution in [1.82, 2.24) is 0 Å². The van der Waals surface area contributed by atoms with Crippen molar-refractivity contribution >= 4 is 45.9 Å². The molecule has 5 rings (SSSR count). The van der Waals surface area contributed by atoms with E-state index in [1.54, 1.807) is 47.6 Å². The summed E-state index contributed by atoms with van der Waals surface area (Å²) in [5, 5.41) is 61.9. The number of hydrogen-bond donors (Lipinski definition) is 7. The van der Waals surface area contributed by atoms with Gasteiger partial charge in [-0.15, -0.1) is 0 Å². The van der Waals surface area contributed by atoms with Crippen LogP contribution in [0.25, 0.3) is 10.8 Å². The van der Waals surface area contributed by atoms with Crippen LogP contribution in [0.15, 0.2) is 36.1 Å². The third-order valence-electron chi connectivity index (χ3n) is 10.8. The first kappa shape index (κ1) is 45.4. The van der Waals surface area contributed by atoms with Crippen molar-refractivity contribution in [2.24, 2.45) is 29.6 Å². The van der Waals surface area contributed by atoms with Crippen LogP contribution in [0, 0.1) is 36.5 Å². The van der Waals surface area contributed by atoms with Gasteiger partial charge in [0.25, 0.3) is 11.7 Å². The van der Waals surface area contributed by atoms with E-state index in [0.29, 0.717) is 0 Å². The number of ketones is 1. The van der Waals surface area contributed by atoms with Crippen LogP contribution >= 0.6 is 0 Å². The fourth-order valence-corrected chi connectivity index (χ4v) is 7.23. The number of phenolic OH excluding ortho intramolecular Hbond substituents is 3. The summed E-state index contributed by atoms with van der Waals surface area (Å²) in [6.45, 7) is 15.8. The van der Waals surface area contributed by atoms with Gasteiger partial charge in [-0.2, -0.15) is 0 Å². The number of benzene rings is 2. The fourth-order valence-electron chi connectivity index (χ4n) is 7.23. The minimum absolute atomic E-state index is 0.0198. The normalized spacial score (nSPS) is 30.2. The predicted molar refractivity (Wildman–Crippen MR) is 214 cm³/mol. The first-order valence-corrected chi connectivity index (χ1v) is 19.1. The molecule has 318 valence electrons. The Hall–Kier alpha value is -5.32. The molecule has 0 spiro atoms. The van der Waals surface area contributed by atoms with Crippen molar-refractivity contribution in [2.45, 2.75) is 99.4 Å². The van der Waals surface area contributed by atoms with Gasteiger partial charge in [0.05, 0.1) is 42.1 Å². The molecule has 3 aliphatic heterocycles. The lowest BCUT2D eigenvalue weighted by atomic mass is 9.78. The van der Waals surface area contributed by atoms with Gasteiger partial charge in [0, 0.05) is 61.2 Å². The number of amides is 2. The fraction of sp³-hybridized carbons (Fsp3) is 0.524. The highest BCUT2D eigenvalue weighted by atomic mass is 16.7. The van der Waals surface area contributed by atoms with Gasteiger partial charge in [-0.1, -0.05) is 59.8 Å². The maximum Gasteiger partial charge on any atom is 0.411 e. The van der Waals surface area contributed by atoms with Crippen LogP contribution in [-0.4, -0.2) is 93.2 Å². The maximum absolute atomic E-state index is 14.3.